The van der Waals surface area contributed by atoms with Crippen LogP contribution in [0.15, 0.2) is 91.5 Å². The maximum Gasteiger partial charge on any atom is 0.259 e. The standard InChI is InChI=1S/C32H29N5O2/c1-34-19-25(23-9-3-5-11-27(23)34)29-30(32(39)33-31(29)38)26-20-37(28-12-6-4-10-24(26)28)22-13-17-36(18-14-22)21-35-15-7-2-8-16-35/h2-12,15-16,19-20,22H,13-14,17-18,21H2,1H3/p+1. The Hall–Kier alpha value is -4.49. The molecule has 7 heteroatoms. The summed E-state index contributed by atoms with van der Waals surface area (Å²) in [7, 11) is 1.97. The fourth-order valence-electron chi connectivity index (χ4n) is 6.31. The van der Waals surface area contributed by atoms with Crippen LogP contribution in [-0.4, -0.2) is 38.9 Å². The van der Waals surface area contributed by atoms with Crippen LogP contribution in [0.2, 0.25) is 0 Å². The summed E-state index contributed by atoms with van der Waals surface area (Å²) in [6.07, 6.45) is 10.3. The van der Waals surface area contributed by atoms with Crippen LogP contribution in [0.25, 0.3) is 33.0 Å². The first-order valence-corrected chi connectivity index (χ1v) is 13.5. The zero-order valence-corrected chi connectivity index (χ0v) is 21.9. The van der Waals surface area contributed by atoms with E-state index in [0.717, 1.165) is 65.5 Å². The third-order valence-corrected chi connectivity index (χ3v) is 8.20. The zero-order chi connectivity index (χ0) is 26.5. The Morgan fingerprint density at radius 1 is 0.769 bits per heavy atom. The molecule has 3 aromatic heterocycles. The number of nitrogens with zero attached hydrogens (tertiary/aromatic N) is 4. The van der Waals surface area contributed by atoms with Gasteiger partial charge in [0, 0.05) is 83.6 Å². The molecule has 5 heterocycles. The SMILES string of the molecule is Cn1cc(C2=C(c3cn(C4CCN(C[n+]5ccccc5)CC4)c4ccccc34)C(=O)NC2=O)c2ccccc21. The van der Waals surface area contributed by atoms with E-state index in [4.69, 9.17) is 0 Å². The Morgan fingerprint density at radius 3 is 2.05 bits per heavy atom. The van der Waals surface area contributed by atoms with Crippen LogP contribution in [0.4, 0.5) is 0 Å². The molecular weight excluding hydrogens is 486 g/mol. The van der Waals surface area contributed by atoms with Gasteiger partial charge in [-0.1, -0.05) is 42.5 Å². The van der Waals surface area contributed by atoms with Crippen molar-refractivity contribution in [1.82, 2.24) is 19.4 Å². The molecule has 39 heavy (non-hydrogen) atoms. The summed E-state index contributed by atoms with van der Waals surface area (Å²) in [6.45, 7) is 2.88. The van der Waals surface area contributed by atoms with Crippen molar-refractivity contribution in [2.75, 3.05) is 13.1 Å². The number of rotatable bonds is 5. The van der Waals surface area contributed by atoms with E-state index in [1.807, 2.05) is 60.3 Å². The first-order chi connectivity index (χ1) is 19.1. The summed E-state index contributed by atoms with van der Waals surface area (Å²) in [5, 5.41) is 4.55. The summed E-state index contributed by atoms with van der Waals surface area (Å²) >= 11 is 0. The first kappa shape index (κ1) is 23.6. The van der Waals surface area contributed by atoms with E-state index in [1.165, 1.54) is 0 Å². The average molecular weight is 517 g/mol. The number of hydrogen-bond donors (Lipinski definition) is 1. The van der Waals surface area contributed by atoms with Gasteiger partial charge in [0.2, 0.25) is 6.67 Å². The van der Waals surface area contributed by atoms with Gasteiger partial charge < -0.3 is 9.13 Å². The van der Waals surface area contributed by atoms with Crippen molar-refractivity contribution >= 4 is 44.8 Å². The van der Waals surface area contributed by atoms with Crippen molar-refractivity contribution in [3.63, 3.8) is 0 Å². The quantitative estimate of drug-likeness (QED) is 0.280. The smallest absolute Gasteiger partial charge is 0.259 e. The number of carbonyl (C=O) groups is 2. The van der Waals surface area contributed by atoms with Gasteiger partial charge in [0.15, 0.2) is 12.4 Å². The minimum atomic E-state index is -0.338. The summed E-state index contributed by atoms with van der Waals surface area (Å²) in [5.41, 5.74) is 4.64. The number of aryl methyl sites for hydroxylation is 1. The fraction of sp³-hybridized carbons (Fsp3) is 0.219. The second-order valence-corrected chi connectivity index (χ2v) is 10.6. The second kappa shape index (κ2) is 9.36. The third-order valence-electron chi connectivity index (χ3n) is 8.20. The normalized spacial score (nSPS) is 17.1. The molecule has 2 aromatic carbocycles. The number of amides is 2. The Labute approximate surface area is 226 Å². The topological polar surface area (TPSA) is 63.1 Å². The van der Waals surface area contributed by atoms with E-state index in [2.05, 4.69) is 62.2 Å². The summed E-state index contributed by atoms with van der Waals surface area (Å²) in [5.74, 6) is -0.671. The molecule has 7 rings (SSSR count). The first-order valence-electron chi connectivity index (χ1n) is 13.5. The molecule has 0 aliphatic carbocycles. The maximum atomic E-state index is 13.3. The lowest BCUT2D eigenvalue weighted by molar-refractivity contribution is -0.716. The van der Waals surface area contributed by atoms with Crippen molar-refractivity contribution in [2.45, 2.75) is 25.6 Å². The highest BCUT2D eigenvalue weighted by molar-refractivity contribution is 6.50. The number of benzene rings is 2. The van der Waals surface area contributed by atoms with Crippen LogP contribution in [0, 0.1) is 0 Å². The number of aromatic nitrogens is 3. The van der Waals surface area contributed by atoms with Gasteiger partial charge in [-0.15, -0.1) is 0 Å². The Bertz CT molecular complexity index is 1770. The van der Waals surface area contributed by atoms with Crippen molar-refractivity contribution in [2.24, 2.45) is 7.05 Å². The van der Waals surface area contributed by atoms with E-state index in [9.17, 15) is 9.59 Å². The Balaban J connectivity index is 1.29. The number of carbonyl (C=O) groups excluding carboxylic acids is 2. The lowest BCUT2D eigenvalue weighted by Crippen LogP contribution is -2.46. The van der Waals surface area contributed by atoms with Gasteiger partial charge in [0.25, 0.3) is 11.8 Å². The molecule has 0 bridgehead atoms. The van der Waals surface area contributed by atoms with Crippen molar-refractivity contribution < 1.29 is 14.2 Å². The molecule has 2 aliphatic rings. The lowest BCUT2D eigenvalue weighted by Gasteiger charge is -2.31. The number of fused-ring (bicyclic) bond motifs is 2. The molecule has 1 fully saturated rings. The molecule has 2 aliphatic heterocycles. The predicted molar refractivity (Wildman–Crippen MR) is 151 cm³/mol. The Kier molecular flexibility index (Phi) is 5.67. The van der Waals surface area contributed by atoms with Gasteiger partial charge in [-0.05, 0) is 25.0 Å². The molecule has 0 radical (unpaired) electrons. The molecule has 7 nitrogen and oxygen atoms in total. The number of pyridine rings is 1. The van der Waals surface area contributed by atoms with E-state index in [1.54, 1.807) is 0 Å². The Morgan fingerprint density at radius 2 is 1.36 bits per heavy atom. The van der Waals surface area contributed by atoms with Gasteiger partial charge >= 0.3 is 0 Å². The van der Waals surface area contributed by atoms with Crippen LogP contribution < -0.4 is 9.88 Å². The van der Waals surface area contributed by atoms with E-state index in [0.29, 0.717) is 17.2 Å². The van der Waals surface area contributed by atoms with E-state index < -0.39 is 0 Å². The minimum absolute atomic E-state index is 0.322. The molecule has 2 amide bonds. The van der Waals surface area contributed by atoms with E-state index in [-0.39, 0.29) is 11.8 Å². The number of likely N-dealkylation sites (tertiary alicyclic amines) is 1. The number of imide groups is 1. The van der Waals surface area contributed by atoms with Gasteiger partial charge in [0.05, 0.1) is 11.1 Å². The zero-order valence-electron chi connectivity index (χ0n) is 21.9. The highest BCUT2D eigenvalue weighted by Gasteiger charge is 2.36. The summed E-state index contributed by atoms with van der Waals surface area (Å²) < 4.78 is 6.55. The molecule has 0 atom stereocenters. The number of hydrogen-bond acceptors (Lipinski definition) is 3. The predicted octanol–water partition coefficient (Wildman–Crippen LogP) is 4.28. The molecule has 0 saturated carbocycles. The van der Waals surface area contributed by atoms with Crippen LogP contribution in [0.5, 0.6) is 0 Å². The molecule has 5 aromatic rings. The van der Waals surface area contributed by atoms with Gasteiger partial charge in [-0.3, -0.25) is 14.9 Å². The number of piperidine rings is 1. The highest BCUT2D eigenvalue weighted by Crippen LogP contribution is 2.40. The molecule has 1 saturated heterocycles. The molecule has 1 N–H and O–H groups in total. The molecule has 194 valence electrons. The van der Waals surface area contributed by atoms with E-state index >= 15 is 0 Å². The second-order valence-electron chi connectivity index (χ2n) is 10.6. The van der Waals surface area contributed by atoms with Crippen LogP contribution >= 0.6 is 0 Å². The van der Waals surface area contributed by atoms with Gasteiger partial charge in [-0.25, -0.2) is 4.90 Å². The largest absolute Gasteiger partial charge is 0.350 e. The van der Waals surface area contributed by atoms with Crippen LogP contribution in [-0.2, 0) is 23.3 Å². The highest BCUT2D eigenvalue weighted by atomic mass is 16.2. The summed E-state index contributed by atoms with van der Waals surface area (Å²) in [4.78, 5) is 29.1. The van der Waals surface area contributed by atoms with Crippen LogP contribution in [0.1, 0.15) is 30.0 Å². The average Bonchev–Trinajstić information content (AvgIpc) is 3.60. The minimum Gasteiger partial charge on any atom is -0.350 e. The molecule has 0 spiro atoms. The fourth-order valence-corrected chi connectivity index (χ4v) is 6.31. The lowest BCUT2D eigenvalue weighted by atomic mass is 9.95. The van der Waals surface area contributed by atoms with Crippen molar-refractivity contribution in [3.05, 3.63) is 103 Å². The maximum absolute atomic E-state index is 13.3. The molecular formula is C32H30N5O2+. The van der Waals surface area contributed by atoms with Crippen molar-refractivity contribution in [3.8, 4) is 0 Å². The van der Waals surface area contributed by atoms with Crippen molar-refractivity contribution in [1.29, 1.82) is 0 Å². The summed E-state index contributed by atoms with van der Waals surface area (Å²) in [6, 6.07) is 22.7. The monoisotopic (exact) mass is 516 g/mol. The van der Waals surface area contributed by atoms with Gasteiger partial charge in [0.1, 0.15) is 0 Å². The third kappa shape index (κ3) is 3.97. The number of nitrogens with one attached hydrogen (secondary N) is 1. The van der Waals surface area contributed by atoms with Gasteiger partial charge in [-0.2, -0.15) is 4.57 Å². The van der Waals surface area contributed by atoms with Crippen LogP contribution in [0.3, 0.4) is 0 Å². The molecule has 0 unspecified atom stereocenters. The number of para-hydroxylation sites is 2.